The highest BCUT2D eigenvalue weighted by Crippen LogP contribution is 2.22. The fourth-order valence-electron chi connectivity index (χ4n) is 1.97. The van der Waals surface area contributed by atoms with Gasteiger partial charge in [-0.15, -0.1) is 0 Å². The Labute approximate surface area is 136 Å². The first-order chi connectivity index (χ1) is 9.96. The van der Waals surface area contributed by atoms with Crippen molar-refractivity contribution in [2.45, 2.75) is 38.6 Å². The van der Waals surface area contributed by atoms with Crippen molar-refractivity contribution < 1.29 is 4.74 Å². The standard InChI is InChI=1S/C14H21BrN4OSi/c1-14(2,3)21-7-6-20-10-19-9-12(15)18-13(19)11-8-16-4-5-17-11/h4-5,8-9H,6-7,10,21H2,1-3H3. The molecule has 2 rings (SSSR count). The van der Waals surface area contributed by atoms with E-state index in [0.29, 0.717) is 11.8 Å². The summed E-state index contributed by atoms with van der Waals surface area (Å²) in [5, 5.41) is 0.492. The number of ether oxygens (including phenoxy) is 1. The van der Waals surface area contributed by atoms with Crippen molar-refractivity contribution >= 4 is 25.4 Å². The number of aromatic nitrogens is 4. The average Bonchev–Trinajstić information content (AvgIpc) is 2.79. The maximum Gasteiger partial charge on any atom is 0.163 e. The molecule has 0 radical (unpaired) electrons. The minimum absolute atomic E-state index is 0.0872. The molecule has 0 aromatic carbocycles. The van der Waals surface area contributed by atoms with Crippen molar-refractivity contribution in [2.75, 3.05) is 6.61 Å². The third kappa shape index (κ3) is 5.33. The average molecular weight is 369 g/mol. The summed E-state index contributed by atoms with van der Waals surface area (Å²) in [6.07, 6.45) is 6.93. The first-order valence-electron chi connectivity index (χ1n) is 7.02. The van der Waals surface area contributed by atoms with Gasteiger partial charge in [-0.2, -0.15) is 0 Å². The Morgan fingerprint density at radius 2 is 2.14 bits per heavy atom. The van der Waals surface area contributed by atoms with E-state index in [-0.39, 0.29) is 9.52 Å². The van der Waals surface area contributed by atoms with Gasteiger partial charge in [0.1, 0.15) is 17.0 Å². The first-order valence-corrected chi connectivity index (χ1v) is 9.52. The molecule has 0 atom stereocenters. The molecule has 0 saturated carbocycles. The highest BCUT2D eigenvalue weighted by atomic mass is 79.9. The van der Waals surface area contributed by atoms with Crippen LogP contribution in [0.2, 0.25) is 11.1 Å². The lowest BCUT2D eigenvalue weighted by atomic mass is 10.3. The maximum absolute atomic E-state index is 5.78. The molecule has 2 heterocycles. The topological polar surface area (TPSA) is 52.8 Å². The van der Waals surface area contributed by atoms with Crippen LogP contribution < -0.4 is 0 Å². The summed E-state index contributed by atoms with van der Waals surface area (Å²) in [5.41, 5.74) is 0.746. The minimum Gasteiger partial charge on any atom is -0.361 e. The maximum atomic E-state index is 5.78. The summed E-state index contributed by atoms with van der Waals surface area (Å²) in [6.45, 7) is 8.21. The molecule has 21 heavy (non-hydrogen) atoms. The molecule has 2 aromatic rings. The molecule has 0 unspecified atom stereocenters. The monoisotopic (exact) mass is 368 g/mol. The zero-order valence-electron chi connectivity index (χ0n) is 12.7. The molecule has 0 N–H and O–H groups in total. The summed E-state index contributed by atoms with van der Waals surface area (Å²) < 4.78 is 8.50. The van der Waals surface area contributed by atoms with E-state index < -0.39 is 0 Å². The van der Waals surface area contributed by atoms with E-state index in [1.165, 1.54) is 6.04 Å². The Balaban J connectivity index is 1.92. The zero-order valence-corrected chi connectivity index (χ0v) is 15.7. The van der Waals surface area contributed by atoms with Gasteiger partial charge in [0.15, 0.2) is 5.82 Å². The summed E-state index contributed by atoms with van der Waals surface area (Å²) in [6, 6.07) is 1.19. The first kappa shape index (κ1) is 16.3. The molecular weight excluding hydrogens is 348 g/mol. The molecular formula is C14H21BrN4OSi. The van der Waals surface area contributed by atoms with Crippen molar-refractivity contribution in [3.63, 3.8) is 0 Å². The largest absolute Gasteiger partial charge is 0.361 e. The lowest BCUT2D eigenvalue weighted by Gasteiger charge is -2.16. The van der Waals surface area contributed by atoms with Crippen LogP contribution in [0.5, 0.6) is 0 Å². The highest BCUT2D eigenvalue weighted by molar-refractivity contribution is 9.10. The number of halogens is 1. The Bertz CT molecular complexity index is 568. The number of nitrogens with zero attached hydrogens (tertiary/aromatic N) is 4. The SMILES string of the molecule is CC(C)(C)[SiH2]CCOCn1cc(Br)nc1-c1cnccn1. The second-order valence-corrected chi connectivity index (χ2v) is 10.3. The van der Waals surface area contributed by atoms with Gasteiger partial charge in [-0.05, 0) is 27.0 Å². The van der Waals surface area contributed by atoms with Gasteiger partial charge in [0, 0.05) is 34.7 Å². The predicted octanol–water partition coefficient (Wildman–Crippen LogP) is 2.88. The number of hydrogen-bond acceptors (Lipinski definition) is 4. The van der Waals surface area contributed by atoms with E-state index in [2.05, 4.69) is 51.7 Å². The quantitative estimate of drug-likeness (QED) is 0.580. The summed E-state index contributed by atoms with van der Waals surface area (Å²) in [7, 11) is -0.0872. The smallest absolute Gasteiger partial charge is 0.163 e. The Hall–Kier alpha value is -1.05. The fourth-order valence-corrected chi connectivity index (χ4v) is 3.79. The summed E-state index contributed by atoms with van der Waals surface area (Å²) >= 11 is 3.40. The van der Waals surface area contributed by atoms with Crippen LogP contribution in [-0.2, 0) is 11.5 Å². The predicted molar refractivity (Wildman–Crippen MR) is 90.0 cm³/mol. The van der Waals surface area contributed by atoms with Crippen molar-refractivity contribution in [1.29, 1.82) is 0 Å². The van der Waals surface area contributed by atoms with E-state index in [9.17, 15) is 0 Å². The highest BCUT2D eigenvalue weighted by Gasteiger charge is 2.12. The van der Waals surface area contributed by atoms with E-state index in [1.54, 1.807) is 18.6 Å². The van der Waals surface area contributed by atoms with Gasteiger partial charge in [-0.3, -0.25) is 4.98 Å². The van der Waals surface area contributed by atoms with Crippen LogP contribution >= 0.6 is 15.9 Å². The van der Waals surface area contributed by atoms with Crippen LogP contribution in [0.4, 0.5) is 0 Å². The Kier molecular flexibility index (Phi) is 5.66. The fraction of sp³-hybridized carbons (Fsp3) is 0.500. The molecule has 7 heteroatoms. The van der Waals surface area contributed by atoms with Gasteiger partial charge >= 0.3 is 0 Å². The lowest BCUT2D eigenvalue weighted by Crippen LogP contribution is -2.12. The third-order valence-electron chi connectivity index (χ3n) is 2.99. The molecule has 0 bridgehead atoms. The molecule has 0 fully saturated rings. The molecule has 0 aliphatic rings. The summed E-state index contributed by atoms with van der Waals surface area (Å²) in [4.78, 5) is 12.8. The van der Waals surface area contributed by atoms with E-state index in [4.69, 9.17) is 4.74 Å². The van der Waals surface area contributed by atoms with Crippen LogP contribution in [-0.4, -0.2) is 35.6 Å². The second kappa shape index (κ2) is 7.28. The van der Waals surface area contributed by atoms with Crippen molar-refractivity contribution in [3.8, 4) is 11.5 Å². The van der Waals surface area contributed by atoms with Crippen LogP contribution in [0, 0.1) is 0 Å². The molecule has 5 nitrogen and oxygen atoms in total. The van der Waals surface area contributed by atoms with Crippen LogP contribution in [0.15, 0.2) is 29.4 Å². The van der Waals surface area contributed by atoms with Gasteiger partial charge in [-0.25, -0.2) is 9.97 Å². The van der Waals surface area contributed by atoms with Gasteiger partial charge in [-0.1, -0.05) is 20.8 Å². The zero-order chi connectivity index (χ0) is 15.3. The van der Waals surface area contributed by atoms with Crippen molar-refractivity contribution in [1.82, 2.24) is 19.5 Å². The molecule has 0 aliphatic carbocycles. The molecule has 0 amide bonds. The third-order valence-corrected chi connectivity index (χ3v) is 5.51. The van der Waals surface area contributed by atoms with E-state index >= 15 is 0 Å². The number of imidazole rings is 1. The minimum atomic E-state index is -0.0872. The molecule has 0 spiro atoms. The normalized spacial score (nSPS) is 12.4. The van der Waals surface area contributed by atoms with E-state index in [1.807, 2.05) is 10.8 Å². The second-order valence-electron chi connectivity index (χ2n) is 6.15. The van der Waals surface area contributed by atoms with Crippen molar-refractivity contribution in [3.05, 3.63) is 29.4 Å². The van der Waals surface area contributed by atoms with Gasteiger partial charge in [0.25, 0.3) is 0 Å². The molecule has 2 aromatic heterocycles. The van der Waals surface area contributed by atoms with Crippen molar-refractivity contribution in [2.24, 2.45) is 0 Å². The molecule has 114 valence electrons. The van der Waals surface area contributed by atoms with Gasteiger partial charge < -0.3 is 9.30 Å². The Morgan fingerprint density at radius 3 is 2.81 bits per heavy atom. The lowest BCUT2D eigenvalue weighted by molar-refractivity contribution is 0.0885. The number of rotatable bonds is 6. The molecule has 0 aliphatic heterocycles. The van der Waals surface area contributed by atoms with Gasteiger partial charge in [0.05, 0.1) is 6.20 Å². The Morgan fingerprint density at radius 1 is 1.33 bits per heavy atom. The number of hydrogen-bond donors (Lipinski definition) is 0. The molecule has 0 saturated heterocycles. The summed E-state index contributed by atoms with van der Waals surface area (Å²) in [5.74, 6) is 0.767. The van der Waals surface area contributed by atoms with Crippen LogP contribution in [0.1, 0.15) is 20.8 Å². The van der Waals surface area contributed by atoms with Crippen LogP contribution in [0.3, 0.4) is 0 Å². The van der Waals surface area contributed by atoms with Crippen LogP contribution in [0.25, 0.3) is 11.5 Å². The van der Waals surface area contributed by atoms with E-state index in [0.717, 1.165) is 22.7 Å². The van der Waals surface area contributed by atoms with Gasteiger partial charge in [0.2, 0.25) is 0 Å².